The van der Waals surface area contributed by atoms with Crippen LogP contribution in [-0.2, 0) is 5.54 Å². The number of nitrogens with zero attached hydrogens (tertiary/aromatic N) is 3. The van der Waals surface area contributed by atoms with Crippen LogP contribution >= 0.6 is 0 Å². The average molecular weight is 276 g/mol. The molecule has 0 amide bonds. The molecule has 0 atom stereocenters. The third-order valence-electron chi connectivity index (χ3n) is 4.22. The fraction of sp³-hybridized carbons (Fsp3) is 0.353. The fourth-order valence-electron chi connectivity index (χ4n) is 2.54. The molecule has 2 fully saturated rings. The summed E-state index contributed by atoms with van der Waals surface area (Å²) in [6, 6.07) is 8.01. The van der Waals surface area contributed by atoms with Gasteiger partial charge in [-0.2, -0.15) is 5.10 Å². The summed E-state index contributed by atoms with van der Waals surface area (Å²) >= 11 is 0. The molecule has 0 bridgehead atoms. The van der Waals surface area contributed by atoms with Crippen LogP contribution in [0.15, 0.2) is 36.9 Å². The van der Waals surface area contributed by atoms with Crippen molar-refractivity contribution in [3.8, 4) is 11.8 Å². The van der Waals surface area contributed by atoms with Crippen LogP contribution in [0.3, 0.4) is 0 Å². The van der Waals surface area contributed by atoms with Crippen molar-refractivity contribution in [2.24, 2.45) is 5.92 Å². The molecule has 2 aliphatic carbocycles. The predicted molar refractivity (Wildman–Crippen MR) is 80.1 cm³/mol. The second kappa shape index (κ2) is 4.56. The van der Waals surface area contributed by atoms with Crippen LogP contribution in [0.2, 0.25) is 0 Å². The Balaban J connectivity index is 1.56. The molecule has 4 heteroatoms. The van der Waals surface area contributed by atoms with Crippen LogP contribution in [0.1, 0.15) is 36.8 Å². The second-order valence-electron chi connectivity index (χ2n) is 5.87. The molecule has 1 heterocycles. The maximum absolute atomic E-state index is 8.50. The number of hydrogen-bond acceptors (Lipinski definition) is 3. The Morgan fingerprint density at radius 3 is 2.57 bits per heavy atom. The number of nitrogens with one attached hydrogen (secondary N) is 1. The van der Waals surface area contributed by atoms with Crippen molar-refractivity contribution in [3.63, 3.8) is 0 Å². The van der Waals surface area contributed by atoms with E-state index in [2.05, 4.69) is 21.9 Å². The van der Waals surface area contributed by atoms with Gasteiger partial charge in [-0.15, -0.1) is 0 Å². The molecule has 2 aromatic rings. The summed E-state index contributed by atoms with van der Waals surface area (Å²) in [7, 11) is 0. The first-order valence-electron chi connectivity index (χ1n) is 7.34. The van der Waals surface area contributed by atoms with Gasteiger partial charge in [-0.05, 0) is 43.4 Å². The van der Waals surface area contributed by atoms with E-state index in [-0.39, 0.29) is 5.54 Å². The van der Waals surface area contributed by atoms with Crippen LogP contribution in [0.25, 0.3) is 0 Å². The number of rotatable bonds is 3. The molecule has 4 rings (SSSR count). The Labute approximate surface area is 123 Å². The SMILES string of the molecule is N=C(c1ccc(C#CC2CC2)cc1)C1(n2cncn2)CC1. The number of aromatic nitrogens is 3. The molecule has 0 unspecified atom stereocenters. The van der Waals surface area contributed by atoms with Gasteiger partial charge in [0.1, 0.15) is 18.2 Å². The lowest BCUT2D eigenvalue weighted by molar-refractivity contribution is 0.552. The van der Waals surface area contributed by atoms with Crippen molar-refractivity contribution < 1.29 is 0 Å². The van der Waals surface area contributed by atoms with E-state index in [1.54, 1.807) is 6.33 Å². The van der Waals surface area contributed by atoms with E-state index in [9.17, 15) is 0 Å². The lowest BCUT2D eigenvalue weighted by Crippen LogP contribution is -2.28. The minimum atomic E-state index is -0.280. The number of benzene rings is 1. The maximum atomic E-state index is 8.50. The van der Waals surface area contributed by atoms with Gasteiger partial charge in [-0.25, -0.2) is 9.67 Å². The molecule has 0 spiro atoms. The highest BCUT2D eigenvalue weighted by atomic mass is 15.4. The zero-order valence-electron chi connectivity index (χ0n) is 11.7. The maximum Gasteiger partial charge on any atom is 0.137 e. The highest BCUT2D eigenvalue weighted by molar-refractivity contribution is 6.05. The molecule has 0 radical (unpaired) electrons. The quantitative estimate of drug-likeness (QED) is 0.692. The van der Waals surface area contributed by atoms with Gasteiger partial charge in [0.15, 0.2) is 0 Å². The molecular formula is C17H16N4. The highest BCUT2D eigenvalue weighted by Gasteiger charge is 2.50. The topological polar surface area (TPSA) is 54.6 Å². The molecule has 1 aromatic carbocycles. The molecule has 1 N–H and O–H groups in total. The first-order chi connectivity index (χ1) is 10.3. The van der Waals surface area contributed by atoms with Crippen LogP contribution < -0.4 is 0 Å². The zero-order chi connectivity index (χ0) is 14.3. The van der Waals surface area contributed by atoms with E-state index >= 15 is 0 Å². The summed E-state index contributed by atoms with van der Waals surface area (Å²) < 4.78 is 1.82. The van der Waals surface area contributed by atoms with Gasteiger partial charge in [0.2, 0.25) is 0 Å². The Morgan fingerprint density at radius 2 is 2.00 bits per heavy atom. The van der Waals surface area contributed by atoms with E-state index in [4.69, 9.17) is 5.41 Å². The van der Waals surface area contributed by atoms with Crippen molar-refractivity contribution in [1.82, 2.24) is 14.8 Å². The third-order valence-corrected chi connectivity index (χ3v) is 4.22. The van der Waals surface area contributed by atoms with Gasteiger partial charge < -0.3 is 5.41 Å². The van der Waals surface area contributed by atoms with Gasteiger partial charge >= 0.3 is 0 Å². The standard InChI is InChI=1S/C17H16N4/c18-16(17(9-10-17)21-12-19-11-20-21)15-7-5-14(6-8-15)4-3-13-1-2-13/h5-8,11-13,18H,1-2,9-10H2. The van der Waals surface area contributed by atoms with Crippen LogP contribution in [-0.4, -0.2) is 20.5 Å². The summed E-state index contributed by atoms with van der Waals surface area (Å²) in [4.78, 5) is 4.00. The van der Waals surface area contributed by atoms with E-state index < -0.39 is 0 Å². The van der Waals surface area contributed by atoms with Crippen molar-refractivity contribution in [1.29, 1.82) is 5.41 Å². The minimum Gasteiger partial charge on any atom is -0.302 e. The summed E-state index contributed by atoms with van der Waals surface area (Å²) in [5.74, 6) is 7.08. The second-order valence-corrected chi connectivity index (χ2v) is 5.87. The van der Waals surface area contributed by atoms with Crippen molar-refractivity contribution >= 4 is 5.71 Å². The Bertz CT molecular complexity index is 723. The molecule has 2 saturated carbocycles. The molecule has 4 nitrogen and oxygen atoms in total. The van der Waals surface area contributed by atoms with Gasteiger partial charge in [-0.1, -0.05) is 24.0 Å². The van der Waals surface area contributed by atoms with Crippen LogP contribution in [0.5, 0.6) is 0 Å². The highest BCUT2D eigenvalue weighted by Crippen LogP contribution is 2.45. The Kier molecular flexibility index (Phi) is 2.68. The smallest absolute Gasteiger partial charge is 0.137 e. The van der Waals surface area contributed by atoms with Gasteiger partial charge in [-0.3, -0.25) is 0 Å². The average Bonchev–Trinajstić information content (AvgIpc) is 3.45. The molecule has 104 valence electrons. The van der Waals surface area contributed by atoms with Crippen LogP contribution in [0.4, 0.5) is 0 Å². The summed E-state index contributed by atoms with van der Waals surface area (Å²) in [6.45, 7) is 0. The lowest BCUT2D eigenvalue weighted by atomic mass is 10.0. The molecule has 21 heavy (non-hydrogen) atoms. The van der Waals surface area contributed by atoms with E-state index in [0.717, 1.165) is 24.0 Å². The normalized spacial score (nSPS) is 18.7. The molecular weight excluding hydrogens is 260 g/mol. The molecule has 1 aromatic heterocycles. The summed E-state index contributed by atoms with van der Waals surface area (Å²) in [5, 5.41) is 12.7. The fourth-order valence-corrected chi connectivity index (χ4v) is 2.54. The predicted octanol–water partition coefficient (Wildman–Crippen LogP) is 2.60. The minimum absolute atomic E-state index is 0.280. The first kappa shape index (κ1) is 12.3. The molecule has 2 aliphatic rings. The van der Waals surface area contributed by atoms with E-state index in [1.165, 1.54) is 19.2 Å². The largest absolute Gasteiger partial charge is 0.302 e. The lowest BCUT2D eigenvalue weighted by Gasteiger charge is -2.17. The Hall–Kier alpha value is -2.41. The Morgan fingerprint density at radius 1 is 1.24 bits per heavy atom. The molecule has 0 saturated heterocycles. The van der Waals surface area contributed by atoms with Crippen molar-refractivity contribution in [2.45, 2.75) is 31.2 Å². The van der Waals surface area contributed by atoms with E-state index in [0.29, 0.717) is 11.6 Å². The van der Waals surface area contributed by atoms with Crippen molar-refractivity contribution in [3.05, 3.63) is 48.0 Å². The van der Waals surface area contributed by atoms with E-state index in [1.807, 2.05) is 28.9 Å². The molecule has 0 aliphatic heterocycles. The van der Waals surface area contributed by atoms with Crippen molar-refractivity contribution in [2.75, 3.05) is 0 Å². The number of hydrogen-bond donors (Lipinski definition) is 1. The van der Waals surface area contributed by atoms with Gasteiger partial charge in [0.25, 0.3) is 0 Å². The van der Waals surface area contributed by atoms with Crippen LogP contribution in [0, 0.1) is 23.2 Å². The van der Waals surface area contributed by atoms with Gasteiger partial charge in [0.05, 0.1) is 5.71 Å². The van der Waals surface area contributed by atoms with Gasteiger partial charge in [0, 0.05) is 11.5 Å². The summed E-state index contributed by atoms with van der Waals surface area (Å²) in [6.07, 6.45) is 7.64. The first-order valence-corrected chi connectivity index (χ1v) is 7.34. The monoisotopic (exact) mass is 276 g/mol. The zero-order valence-corrected chi connectivity index (χ0v) is 11.7. The third kappa shape index (κ3) is 2.25. The summed E-state index contributed by atoms with van der Waals surface area (Å²) in [5.41, 5.74) is 2.32.